The average Bonchev–Trinajstić information content (AvgIpc) is 2.23. The predicted molar refractivity (Wildman–Crippen MR) is 59.3 cm³/mol. The summed E-state index contributed by atoms with van der Waals surface area (Å²) < 4.78 is 0. The van der Waals surface area contributed by atoms with Crippen molar-refractivity contribution >= 4 is 34.1 Å². The van der Waals surface area contributed by atoms with Crippen molar-refractivity contribution in [3.63, 3.8) is 0 Å². The van der Waals surface area contributed by atoms with Gasteiger partial charge >= 0.3 is 0 Å². The minimum atomic E-state index is -0.251. The molecule has 1 N–H and O–H groups in total. The third-order valence-corrected chi connectivity index (χ3v) is 2.82. The van der Waals surface area contributed by atoms with Crippen molar-refractivity contribution in [3.8, 4) is 6.07 Å². The molecule has 0 atom stereocenters. The number of aromatic amines is 1. The van der Waals surface area contributed by atoms with E-state index in [1.807, 2.05) is 6.07 Å². The number of benzene rings is 1. The fourth-order valence-corrected chi connectivity index (χ4v) is 1.69. The van der Waals surface area contributed by atoms with Gasteiger partial charge in [-0.3, -0.25) is 4.79 Å². The molecular weight excluding hydrogens is 235 g/mol. The van der Waals surface area contributed by atoms with Crippen molar-refractivity contribution in [3.05, 3.63) is 44.2 Å². The van der Waals surface area contributed by atoms with E-state index in [9.17, 15) is 4.79 Å². The third kappa shape index (κ3) is 1.58. The van der Waals surface area contributed by atoms with E-state index < -0.39 is 0 Å². The SMILES string of the molecule is N#Cc1cc(=O)c2ccc(Cl)c(Cl)c2[nH]1. The van der Waals surface area contributed by atoms with E-state index >= 15 is 0 Å². The van der Waals surface area contributed by atoms with Crippen molar-refractivity contribution in [1.82, 2.24) is 4.98 Å². The Morgan fingerprint density at radius 1 is 1.33 bits per heavy atom. The Morgan fingerprint density at radius 2 is 2.07 bits per heavy atom. The van der Waals surface area contributed by atoms with Gasteiger partial charge in [0, 0.05) is 11.5 Å². The van der Waals surface area contributed by atoms with Crippen LogP contribution in [-0.4, -0.2) is 4.98 Å². The number of hydrogen-bond donors (Lipinski definition) is 1. The largest absolute Gasteiger partial charge is 0.345 e. The normalized spacial score (nSPS) is 10.2. The standard InChI is InChI=1S/C10H4Cl2N2O/c11-7-2-1-6-8(15)3-5(4-13)14-10(6)9(7)12/h1-3H,(H,14,15). The molecule has 0 radical (unpaired) electrons. The van der Waals surface area contributed by atoms with Crippen molar-refractivity contribution < 1.29 is 0 Å². The van der Waals surface area contributed by atoms with E-state index in [1.165, 1.54) is 6.07 Å². The fraction of sp³-hybridized carbons (Fsp3) is 0. The lowest BCUT2D eigenvalue weighted by atomic mass is 10.2. The maximum Gasteiger partial charge on any atom is 0.190 e. The average molecular weight is 239 g/mol. The smallest absolute Gasteiger partial charge is 0.190 e. The molecule has 0 aliphatic carbocycles. The number of halogens is 2. The zero-order chi connectivity index (χ0) is 11.0. The molecule has 0 aliphatic rings. The molecular formula is C10H4Cl2N2O. The summed E-state index contributed by atoms with van der Waals surface area (Å²) in [6.07, 6.45) is 0. The first-order chi connectivity index (χ1) is 7.13. The molecule has 3 nitrogen and oxygen atoms in total. The van der Waals surface area contributed by atoms with Crippen LogP contribution in [0, 0.1) is 11.3 Å². The van der Waals surface area contributed by atoms with Crippen LogP contribution < -0.4 is 5.43 Å². The summed E-state index contributed by atoms with van der Waals surface area (Å²) in [6, 6.07) is 6.20. The number of nitrogens with one attached hydrogen (secondary N) is 1. The van der Waals surface area contributed by atoms with Gasteiger partial charge in [0.05, 0.1) is 15.6 Å². The first-order valence-electron chi connectivity index (χ1n) is 4.04. The highest BCUT2D eigenvalue weighted by Crippen LogP contribution is 2.27. The Bertz CT molecular complexity index is 640. The van der Waals surface area contributed by atoms with Crippen LogP contribution in [0.1, 0.15) is 5.69 Å². The number of H-pyrrole nitrogens is 1. The van der Waals surface area contributed by atoms with Gasteiger partial charge < -0.3 is 4.98 Å². The Hall–Kier alpha value is -1.50. The Morgan fingerprint density at radius 3 is 2.73 bits per heavy atom. The topological polar surface area (TPSA) is 56.6 Å². The van der Waals surface area contributed by atoms with Gasteiger partial charge in [-0.2, -0.15) is 5.26 Å². The number of hydrogen-bond acceptors (Lipinski definition) is 2. The summed E-state index contributed by atoms with van der Waals surface area (Å²) in [4.78, 5) is 14.3. The Labute approximate surface area is 94.9 Å². The van der Waals surface area contributed by atoms with Crippen LogP contribution in [0.2, 0.25) is 10.0 Å². The van der Waals surface area contributed by atoms with Crippen LogP contribution in [0.5, 0.6) is 0 Å². The molecule has 2 aromatic rings. The second-order valence-corrected chi connectivity index (χ2v) is 3.73. The number of aromatic nitrogens is 1. The monoisotopic (exact) mass is 238 g/mol. The molecule has 0 amide bonds. The first kappa shape index (κ1) is 10.0. The van der Waals surface area contributed by atoms with E-state index in [4.69, 9.17) is 28.5 Å². The van der Waals surface area contributed by atoms with Gasteiger partial charge in [0.15, 0.2) is 5.43 Å². The maximum absolute atomic E-state index is 11.5. The van der Waals surface area contributed by atoms with Gasteiger partial charge in [0.2, 0.25) is 0 Å². The zero-order valence-corrected chi connectivity index (χ0v) is 8.86. The highest BCUT2D eigenvalue weighted by atomic mass is 35.5. The second-order valence-electron chi connectivity index (χ2n) is 2.94. The van der Waals surface area contributed by atoms with E-state index in [1.54, 1.807) is 12.1 Å². The molecule has 0 bridgehead atoms. The summed E-state index contributed by atoms with van der Waals surface area (Å²) in [5.41, 5.74) is 0.309. The summed E-state index contributed by atoms with van der Waals surface area (Å²) in [5.74, 6) is 0. The lowest BCUT2D eigenvalue weighted by Crippen LogP contribution is -2.03. The predicted octanol–water partition coefficient (Wildman–Crippen LogP) is 2.71. The molecule has 1 aromatic carbocycles. The van der Waals surface area contributed by atoms with Crippen LogP contribution in [0.4, 0.5) is 0 Å². The molecule has 1 aromatic heterocycles. The van der Waals surface area contributed by atoms with E-state index in [0.717, 1.165) is 0 Å². The van der Waals surface area contributed by atoms with Crippen LogP contribution in [0.25, 0.3) is 10.9 Å². The Balaban J connectivity index is 3.01. The Kier molecular flexibility index (Phi) is 2.39. The van der Waals surface area contributed by atoms with Crippen molar-refractivity contribution in [2.45, 2.75) is 0 Å². The first-order valence-corrected chi connectivity index (χ1v) is 4.80. The summed E-state index contributed by atoms with van der Waals surface area (Å²) in [7, 11) is 0. The molecule has 0 fully saturated rings. The maximum atomic E-state index is 11.5. The van der Waals surface area contributed by atoms with Crippen LogP contribution in [0.15, 0.2) is 23.0 Å². The number of pyridine rings is 1. The number of rotatable bonds is 0. The molecule has 2 rings (SSSR count). The van der Waals surface area contributed by atoms with Crippen molar-refractivity contribution in [2.75, 3.05) is 0 Å². The molecule has 74 valence electrons. The van der Waals surface area contributed by atoms with Gasteiger partial charge in [-0.15, -0.1) is 0 Å². The minimum Gasteiger partial charge on any atom is -0.345 e. The lowest BCUT2D eigenvalue weighted by Gasteiger charge is -2.02. The van der Waals surface area contributed by atoms with Crippen LogP contribution in [0.3, 0.4) is 0 Å². The highest BCUT2D eigenvalue weighted by molar-refractivity contribution is 6.44. The van der Waals surface area contributed by atoms with E-state index in [0.29, 0.717) is 15.9 Å². The molecule has 0 unspecified atom stereocenters. The summed E-state index contributed by atoms with van der Waals surface area (Å²) >= 11 is 11.7. The van der Waals surface area contributed by atoms with Crippen LogP contribution >= 0.6 is 23.2 Å². The molecule has 15 heavy (non-hydrogen) atoms. The lowest BCUT2D eigenvalue weighted by molar-refractivity contribution is 1.31. The van der Waals surface area contributed by atoms with Gasteiger partial charge in [0.1, 0.15) is 11.8 Å². The number of nitrogens with zero attached hydrogens (tertiary/aromatic N) is 1. The number of nitriles is 1. The van der Waals surface area contributed by atoms with Gasteiger partial charge in [-0.05, 0) is 12.1 Å². The van der Waals surface area contributed by atoms with E-state index in [-0.39, 0.29) is 16.1 Å². The minimum absolute atomic E-state index is 0.164. The molecule has 5 heteroatoms. The molecule has 0 saturated heterocycles. The van der Waals surface area contributed by atoms with Gasteiger partial charge in [0.25, 0.3) is 0 Å². The quantitative estimate of drug-likeness (QED) is 0.768. The number of fused-ring (bicyclic) bond motifs is 1. The van der Waals surface area contributed by atoms with E-state index in [2.05, 4.69) is 4.98 Å². The zero-order valence-electron chi connectivity index (χ0n) is 7.34. The third-order valence-electron chi connectivity index (χ3n) is 2.02. The fourth-order valence-electron chi connectivity index (χ4n) is 1.32. The van der Waals surface area contributed by atoms with Crippen molar-refractivity contribution in [1.29, 1.82) is 5.26 Å². The molecule has 0 spiro atoms. The molecule has 0 aliphatic heterocycles. The second kappa shape index (κ2) is 3.58. The van der Waals surface area contributed by atoms with Crippen LogP contribution in [-0.2, 0) is 0 Å². The van der Waals surface area contributed by atoms with Crippen molar-refractivity contribution in [2.24, 2.45) is 0 Å². The summed E-state index contributed by atoms with van der Waals surface area (Å²) in [6.45, 7) is 0. The molecule has 0 saturated carbocycles. The van der Waals surface area contributed by atoms with Gasteiger partial charge in [-0.1, -0.05) is 23.2 Å². The van der Waals surface area contributed by atoms with Gasteiger partial charge in [-0.25, -0.2) is 0 Å². The highest BCUT2D eigenvalue weighted by Gasteiger charge is 2.07. The summed E-state index contributed by atoms with van der Waals surface area (Å²) in [5, 5.41) is 9.70. The molecule has 1 heterocycles.